The summed E-state index contributed by atoms with van der Waals surface area (Å²) in [6.07, 6.45) is 7.15. The van der Waals surface area contributed by atoms with Gasteiger partial charge in [0.2, 0.25) is 0 Å². The van der Waals surface area contributed by atoms with E-state index in [1.807, 2.05) is 0 Å². The van der Waals surface area contributed by atoms with Crippen molar-refractivity contribution in [3.63, 3.8) is 0 Å². The van der Waals surface area contributed by atoms with Gasteiger partial charge in [0.05, 0.1) is 22.2 Å². The number of hydrogen-bond acceptors (Lipinski definition) is 4. The van der Waals surface area contributed by atoms with E-state index in [1.54, 1.807) is 36.4 Å². The zero-order valence-electron chi connectivity index (χ0n) is 16.5. The molecule has 7 heteroatoms. The maximum absolute atomic E-state index is 12.5. The van der Waals surface area contributed by atoms with Crippen LogP contribution in [0.1, 0.15) is 66.2 Å². The molecule has 0 radical (unpaired) electrons. The van der Waals surface area contributed by atoms with Crippen molar-refractivity contribution in [2.24, 2.45) is 5.84 Å². The standard InChI is InChI=1S/C22H26Cl2N2O3/c1-2-3-4-5-6-7-15-29-17-13-11-16(12-14-17)21(27)26(25)22(28)18-9-8-10-19(23)20(18)24/h8-14H,2-7,15,25H2,1H3. The van der Waals surface area contributed by atoms with Crippen LogP contribution in [0.5, 0.6) is 5.75 Å². The molecule has 2 amide bonds. The molecular formula is C22H26Cl2N2O3. The second-order valence-electron chi connectivity index (χ2n) is 6.72. The van der Waals surface area contributed by atoms with Crippen molar-refractivity contribution in [2.75, 3.05) is 6.61 Å². The number of carbonyl (C=O) groups is 2. The molecule has 0 saturated heterocycles. The fourth-order valence-electron chi connectivity index (χ4n) is 2.80. The summed E-state index contributed by atoms with van der Waals surface area (Å²) in [5.74, 6) is 5.03. The van der Waals surface area contributed by atoms with Crippen molar-refractivity contribution in [1.29, 1.82) is 0 Å². The fourth-order valence-corrected chi connectivity index (χ4v) is 3.18. The lowest BCUT2D eigenvalue weighted by atomic mass is 10.1. The summed E-state index contributed by atoms with van der Waals surface area (Å²) in [7, 11) is 0. The van der Waals surface area contributed by atoms with E-state index in [0.29, 0.717) is 17.4 Å². The molecular weight excluding hydrogens is 411 g/mol. The molecule has 2 N–H and O–H groups in total. The Labute approximate surface area is 181 Å². The molecule has 2 rings (SSSR count). The van der Waals surface area contributed by atoms with E-state index >= 15 is 0 Å². The van der Waals surface area contributed by atoms with Crippen LogP contribution >= 0.6 is 23.2 Å². The molecule has 2 aromatic carbocycles. The highest BCUT2D eigenvalue weighted by molar-refractivity contribution is 6.44. The minimum Gasteiger partial charge on any atom is -0.494 e. The van der Waals surface area contributed by atoms with Gasteiger partial charge in [-0.1, -0.05) is 68.3 Å². The van der Waals surface area contributed by atoms with Crippen molar-refractivity contribution in [3.05, 3.63) is 63.6 Å². The van der Waals surface area contributed by atoms with Gasteiger partial charge in [0, 0.05) is 5.56 Å². The van der Waals surface area contributed by atoms with Crippen molar-refractivity contribution in [2.45, 2.75) is 45.4 Å². The molecule has 0 aliphatic heterocycles. The number of amides is 2. The Morgan fingerprint density at radius 3 is 2.28 bits per heavy atom. The van der Waals surface area contributed by atoms with Gasteiger partial charge in [0.1, 0.15) is 5.75 Å². The van der Waals surface area contributed by atoms with Gasteiger partial charge in [-0.15, -0.1) is 0 Å². The van der Waals surface area contributed by atoms with Gasteiger partial charge in [0.25, 0.3) is 11.8 Å². The lowest BCUT2D eigenvalue weighted by Crippen LogP contribution is -2.42. The minimum absolute atomic E-state index is 0.0564. The summed E-state index contributed by atoms with van der Waals surface area (Å²) in [5.41, 5.74) is 0.333. The SMILES string of the molecule is CCCCCCCCOc1ccc(C(=O)N(N)C(=O)c2cccc(Cl)c2Cl)cc1. The van der Waals surface area contributed by atoms with Crippen molar-refractivity contribution in [1.82, 2.24) is 5.01 Å². The molecule has 0 fully saturated rings. The number of imide groups is 1. The maximum Gasteiger partial charge on any atom is 0.276 e. The van der Waals surface area contributed by atoms with E-state index in [-0.39, 0.29) is 21.2 Å². The molecule has 29 heavy (non-hydrogen) atoms. The molecule has 0 saturated carbocycles. The van der Waals surface area contributed by atoms with E-state index < -0.39 is 11.8 Å². The van der Waals surface area contributed by atoms with Gasteiger partial charge < -0.3 is 4.74 Å². The third-order valence-corrected chi connectivity index (χ3v) is 5.31. The van der Waals surface area contributed by atoms with Gasteiger partial charge in [-0.3, -0.25) is 9.59 Å². The van der Waals surface area contributed by atoms with Crippen molar-refractivity contribution < 1.29 is 14.3 Å². The normalized spacial score (nSPS) is 10.6. The van der Waals surface area contributed by atoms with Crippen molar-refractivity contribution >= 4 is 35.0 Å². The molecule has 0 atom stereocenters. The van der Waals surface area contributed by atoms with Crippen LogP contribution in [-0.4, -0.2) is 23.4 Å². The molecule has 0 aliphatic carbocycles. The first-order valence-electron chi connectivity index (χ1n) is 9.76. The number of hydrazine groups is 1. The molecule has 156 valence electrons. The summed E-state index contributed by atoms with van der Waals surface area (Å²) < 4.78 is 5.70. The average Bonchev–Trinajstić information content (AvgIpc) is 2.74. The Kier molecular flexibility index (Phi) is 9.45. The van der Waals surface area contributed by atoms with Gasteiger partial charge in [0.15, 0.2) is 0 Å². The first-order chi connectivity index (χ1) is 14.0. The zero-order chi connectivity index (χ0) is 21.2. The van der Waals surface area contributed by atoms with E-state index in [9.17, 15) is 9.59 Å². The van der Waals surface area contributed by atoms with E-state index in [2.05, 4.69) is 6.92 Å². The van der Waals surface area contributed by atoms with Gasteiger partial charge in [-0.2, -0.15) is 0 Å². The number of nitrogens with zero attached hydrogens (tertiary/aromatic N) is 1. The number of unbranched alkanes of at least 4 members (excludes halogenated alkanes) is 5. The first-order valence-corrected chi connectivity index (χ1v) is 10.5. The van der Waals surface area contributed by atoms with E-state index in [4.69, 9.17) is 33.8 Å². The summed E-state index contributed by atoms with van der Waals surface area (Å²) in [4.78, 5) is 25.0. The number of halogens is 2. The molecule has 0 bridgehead atoms. The Balaban J connectivity index is 1.89. The Hall–Kier alpha value is -2.08. The lowest BCUT2D eigenvalue weighted by molar-refractivity contribution is 0.0615. The molecule has 0 heterocycles. The largest absolute Gasteiger partial charge is 0.494 e. The summed E-state index contributed by atoms with van der Waals surface area (Å²) in [5, 5.41) is 0.801. The number of carbonyl (C=O) groups excluding carboxylic acids is 2. The third kappa shape index (κ3) is 6.74. The van der Waals surface area contributed by atoms with Crippen LogP contribution < -0.4 is 10.6 Å². The van der Waals surface area contributed by atoms with Gasteiger partial charge >= 0.3 is 0 Å². The summed E-state index contributed by atoms with van der Waals surface area (Å²) >= 11 is 12.0. The van der Waals surface area contributed by atoms with Crippen LogP contribution in [0.3, 0.4) is 0 Å². The number of hydrogen-bond donors (Lipinski definition) is 1. The van der Waals surface area contributed by atoms with Crippen LogP contribution in [0.2, 0.25) is 10.0 Å². The number of benzene rings is 2. The Morgan fingerprint density at radius 2 is 1.59 bits per heavy atom. The van der Waals surface area contributed by atoms with Gasteiger partial charge in [-0.05, 0) is 42.8 Å². The third-order valence-electron chi connectivity index (χ3n) is 4.49. The number of ether oxygens (including phenoxy) is 1. The molecule has 2 aromatic rings. The second-order valence-corrected chi connectivity index (χ2v) is 7.51. The fraction of sp³-hybridized carbons (Fsp3) is 0.364. The van der Waals surface area contributed by atoms with Crippen molar-refractivity contribution in [3.8, 4) is 5.75 Å². The molecule has 0 spiro atoms. The lowest BCUT2D eigenvalue weighted by Gasteiger charge is -2.16. The van der Waals surface area contributed by atoms with Crippen LogP contribution in [0.25, 0.3) is 0 Å². The smallest absolute Gasteiger partial charge is 0.276 e. The average molecular weight is 437 g/mol. The van der Waals surface area contributed by atoms with Crippen LogP contribution in [-0.2, 0) is 0 Å². The first kappa shape index (κ1) is 23.2. The monoisotopic (exact) mass is 436 g/mol. The van der Waals surface area contributed by atoms with Gasteiger partial charge in [-0.25, -0.2) is 10.9 Å². The minimum atomic E-state index is -0.731. The molecule has 0 unspecified atom stereocenters. The van der Waals surface area contributed by atoms with E-state index in [1.165, 1.54) is 31.7 Å². The van der Waals surface area contributed by atoms with Crippen LogP contribution in [0.4, 0.5) is 0 Å². The zero-order valence-corrected chi connectivity index (χ0v) is 18.0. The Bertz CT molecular complexity index is 825. The highest BCUT2D eigenvalue weighted by atomic mass is 35.5. The topological polar surface area (TPSA) is 72.6 Å². The highest BCUT2D eigenvalue weighted by Crippen LogP contribution is 2.26. The molecule has 0 aromatic heterocycles. The van der Waals surface area contributed by atoms with Crippen LogP contribution in [0.15, 0.2) is 42.5 Å². The highest BCUT2D eigenvalue weighted by Gasteiger charge is 2.23. The second kappa shape index (κ2) is 11.8. The Morgan fingerprint density at radius 1 is 0.931 bits per heavy atom. The maximum atomic E-state index is 12.5. The molecule has 5 nitrogen and oxygen atoms in total. The number of rotatable bonds is 10. The predicted octanol–water partition coefficient (Wildman–Crippen LogP) is 5.89. The molecule has 0 aliphatic rings. The summed E-state index contributed by atoms with van der Waals surface area (Å²) in [6, 6.07) is 11.1. The number of nitrogens with two attached hydrogens (primary N) is 1. The predicted molar refractivity (Wildman–Crippen MR) is 116 cm³/mol. The van der Waals surface area contributed by atoms with Crippen LogP contribution in [0, 0.1) is 0 Å². The quantitative estimate of drug-likeness (QED) is 0.165. The van der Waals surface area contributed by atoms with E-state index in [0.717, 1.165) is 12.8 Å². The summed E-state index contributed by atoms with van der Waals surface area (Å²) in [6.45, 7) is 2.83.